The predicted molar refractivity (Wildman–Crippen MR) is 73.5 cm³/mol. The summed E-state index contributed by atoms with van der Waals surface area (Å²) in [6, 6.07) is 6.05. The first-order chi connectivity index (χ1) is 9.20. The average molecular weight is 260 g/mol. The molecule has 0 unspecified atom stereocenters. The van der Waals surface area contributed by atoms with Crippen molar-refractivity contribution in [3.8, 4) is 17.6 Å². The van der Waals surface area contributed by atoms with Crippen LogP contribution in [0.3, 0.4) is 0 Å². The minimum absolute atomic E-state index is 0.00878. The van der Waals surface area contributed by atoms with E-state index in [4.69, 9.17) is 15.2 Å². The fraction of sp³-hybridized carbons (Fsp3) is 0.533. The van der Waals surface area contributed by atoms with E-state index < -0.39 is 0 Å². The predicted octanol–water partition coefficient (Wildman–Crippen LogP) is 2.35. The van der Waals surface area contributed by atoms with E-state index in [0.717, 1.165) is 18.4 Å². The highest BCUT2D eigenvalue weighted by Crippen LogP contribution is 2.44. The van der Waals surface area contributed by atoms with Gasteiger partial charge in [0.1, 0.15) is 6.07 Å². The maximum atomic E-state index is 9.28. The van der Waals surface area contributed by atoms with Gasteiger partial charge < -0.3 is 15.2 Å². The number of ether oxygens (including phenoxy) is 2. The van der Waals surface area contributed by atoms with Crippen LogP contribution in [0.25, 0.3) is 0 Å². The van der Waals surface area contributed by atoms with Crippen LogP contribution in [0.5, 0.6) is 11.5 Å². The maximum Gasteiger partial charge on any atom is 0.178 e. The lowest BCUT2D eigenvalue weighted by Gasteiger charge is -2.29. The van der Waals surface area contributed by atoms with Crippen molar-refractivity contribution >= 4 is 0 Å². The Morgan fingerprint density at radius 2 is 1.95 bits per heavy atom. The van der Waals surface area contributed by atoms with Crippen molar-refractivity contribution in [2.75, 3.05) is 20.8 Å². The van der Waals surface area contributed by atoms with E-state index in [9.17, 15) is 5.26 Å². The Morgan fingerprint density at radius 3 is 2.42 bits per heavy atom. The molecule has 4 nitrogen and oxygen atoms in total. The number of nitriles is 1. The van der Waals surface area contributed by atoms with E-state index in [1.54, 1.807) is 14.2 Å². The van der Waals surface area contributed by atoms with Gasteiger partial charge in [-0.3, -0.25) is 0 Å². The first kappa shape index (κ1) is 13.7. The summed E-state index contributed by atoms with van der Waals surface area (Å²) in [6.45, 7) is 0.605. The number of methoxy groups -OCH3 is 2. The van der Waals surface area contributed by atoms with Gasteiger partial charge in [-0.2, -0.15) is 5.26 Å². The van der Waals surface area contributed by atoms with Gasteiger partial charge in [0, 0.05) is 12.0 Å². The molecular formula is C15H20N2O2. The lowest BCUT2D eigenvalue weighted by Crippen LogP contribution is -2.32. The fourth-order valence-electron chi connectivity index (χ4n) is 3.02. The van der Waals surface area contributed by atoms with Crippen molar-refractivity contribution in [3.05, 3.63) is 23.3 Å². The van der Waals surface area contributed by atoms with Crippen LogP contribution in [-0.4, -0.2) is 20.8 Å². The molecule has 1 fully saturated rings. The van der Waals surface area contributed by atoms with Crippen LogP contribution in [0.4, 0.5) is 0 Å². The molecule has 0 aliphatic heterocycles. The Hall–Kier alpha value is -1.73. The second-order valence-corrected chi connectivity index (χ2v) is 5.06. The number of benzene rings is 1. The second-order valence-electron chi connectivity index (χ2n) is 5.06. The molecule has 0 aromatic heterocycles. The molecule has 0 saturated heterocycles. The van der Waals surface area contributed by atoms with Crippen molar-refractivity contribution < 1.29 is 9.47 Å². The van der Waals surface area contributed by atoms with Crippen LogP contribution >= 0.6 is 0 Å². The summed E-state index contributed by atoms with van der Waals surface area (Å²) in [5, 5.41) is 9.28. The van der Waals surface area contributed by atoms with E-state index in [1.165, 1.54) is 12.8 Å². The summed E-state index contributed by atoms with van der Waals surface area (Å²) in [4.78, 5) is 0. The van der Waals surface area contributed by atoms with E-state index in [0.29, 0.717) is 23.6 Å². The quantitative estimate of drug-likeness (QED) is 0.902. The first-order valence-corrected chi connectivity index (χ1v) is 6.57. The van der Waals surface area contributed by atoms with Crippen LogP contribution < -0.4 is 15.2 Å². The Labute approximate surface area is 114 Å². The van der Waals surface area contributed by atoms with Crippen LogP contribution in [0.1, 0.15) is 36.8 Å². The Bertz CT molecular complexity index is 500. The lowest BCUT2D eigenvalue weighted by molar-refractivity contribution is 0.351. The molecule has 0 heterocycles. The van der Waals surface area contributed by atoms with Crippen molar-refractivity contribution in [1.82, 2.24) is 0 Å². The molecule has 0 radical (unpaired) electrons. The zero-order valence-corrected chi connectivity index (χ0v) is 11.5. The van der Waals surface area contributed by atoms with Crippen LogP contribution in [0.15, 0.2) is 12.1 Å². The molecule has 1 aliphatic carbocycles. The number of hydrogen-bond donors (Lipinski definition) is 1. The summed E-state index contributed by atoms with van der Waals surface area (Å²) in [5.74, 6) is 1.11. The van der Waals surface area contributed by atoms with E-state index >= 15 is 0 Å². The van der Waals surface area contributed by atoms with Gasteiger partial charge >= 0.3 is 0 Å². The van der Waals surface area contributed by atoms with Crippen LogP contribution in [0.2, 0.25) is 0 Å². The highest BCUT2D eigenvalue weighted by molar-refractivity contribution is 5.56. The van der Waals surface area contributed by atoms with Gasteiger partial charge in [0.05, 0.1) is 19.8 Å². The van der Waals surface area contributed by atoms with Crippen molar-refractivity contribution in [2.24, 2.45) is 5.73 Å². The summed E-state index contributed by atoms with van der Waals surface area (Å²) in [5.41, 5.74) is 7.60. The van der Waals surface area contributed by atoms with Gasteiger partial charge in [-0.25, -0.2) is 0 Å². The molecule has 1 aromatic rings. The molecule has 0 amide bonds. The minimum Gasteiger partial charge on any atom is -0.493 e. The molecule has 0 spiro atoms. The number of rotatable bonds is 4. The zero-order valence-electron chi connectivity index (χ0n) is 11.5. The van der Waals surface area contributed by atoms with Crippen LogP contribution in [-0.2, 0) is 5.41 Å². The van der Waals surface area contributed by atoms with Gasteiger partial charge in [0.15, 0.2) is 11.5 Å². The molecule has 1 saturated carbocycles. The standard InChI is InChI=1S/C15H20N2O2/c1-18-13-8-12(7-11(9-16)14(13)19-2)15(10-17)5-3-4-6-15/h7-8H,3-6,10,17H2,1-2H3. The molecular weight excluding hydrogens is 240 g/mol. The Morgan fingerprint density at radius 1 is 1.26 bits per heavy atom. The zero-order chi connectivity index (χ0) is 13.9. The maximum absolute atomic E-state index is 9.28. The monoisotopic (exact) mass is 260 g/mol. The molecule has 0 bridgehead atoms. The third-order valence-corrected chi connectivity index (χ3v) is 4.16. The third-order valence-electron chi connectivity index (χ3n) is 4.16. The molecule has 19 heavy (non-hydrogen) atoms. The summed E-state index contributed by atoms with van der Waals surface area (Å²) in [6.07, 6.45) is 4.52. The first-order valence-electron chi connectivity index (χ1n) is 6.57. The van der Waals surface area contributed by atoms with Gasteiger partial charge in [0.25, 0.3) is 0 Å². The van der Waals surface area contributed by atoms with Crippen molar-refractivity contribution in [1.29, 1.82) is 5.26 Å². The average Bonchev–Trinajstić information content (AvgIpc) is 2.95. The summed E-state index contributed by atoms with van der Waals surface area (Å²) < 4.78 is 10.6. The fourth-order valence-corrected chi connectivity index (χ4v) is 3.02. The van der Waals surface area contributed by atoms with Crippen LogP contribution in [0, 0.1) is 11.3 Å². The molecule has 102 valence electrons. The summed E-state index contributed by atoms with van der Waals surface area (Å²) >= 11 is 0. The normalized spacial score (nSPS) is 16.9. The van der Waals surface area contributed by atoms with Gasteiger partial charge in [-0.1, -0.05) is 12.8 Å². The molecule has 1 aromatic carbocycles. The lowest BCUT2D eigenvalue weighted by atomic mass is 9.78. The molecule has 4 heteroatoms. The van der Waals surface area contributed by atoms with Crippen molar-refractivity contribution in [2.45, 2.75) is 31.1 Å². The largest absolute Gasteiger partial charge is 0.493 e. The second kappa shape index (κ2) is 5.50. The molecule has 0 atom stereocenters. The molecule has 2 N–H and O–H groups in total. The van der Waals surface area contributed by atoms with Gasteiger partial charge in [-0.15, -0.1) is 0 Å². The van der Waals surface area contributed by atoms with Crippen molar-refractivity contribution in [3.63, 3.8) is 0 Å². The minimum atomic E-state index is -0.00878. The van der Waals surface area contributed by atoms with Gasteiger partial charge in [0.2, 0.25) is 0 Å². The third kappa shape index (κ3) is 2.26. The highest BCUT2D eigenvalue weighted by atomic mass is 16.5. The number of nitrogens with two attached hydrogens (primary N) is 1. The molecule has 1 aliphatic rings. The Balaban J connectivity index is 2.56. The van der Waals surface area contributed by atoms with E-state index in [1.807, 2.05) is 12.1 Å². The number of nitrogens with zero attached hydrogens (tertiary/aromatic N) is 1. The summed E-state index contributed by atoms with van der Waals surface area (Å²) in [7, 11) is 3.14. The van der Waals surface area contributed by atoms with E-state index in [2.05, 4.69) is 6.07 Å². The number of hydrogen-bond acceptors (Lipinski definition) is 4. The topological polar surface area (TPSA) is 68.3 Å². The smallest absolute Gasteiger partial charge is 0.178 e. The highest BCUT2D eigenvalue weighted by Gasteiger charge is 2.35. The Kier molecular flexibility index (Phi) is 3.96. The SMILES string of the molecule is COc1cc(C2(CN)CCCC2)cc(C#N)c1OC. The van der Waals surface area contributed by atoms with E-state index in [-0.39, 0.29) is 5.41 Å². The van der Waals surface area contributed by atoms with Gasteiger partial charge in [-0.05, 0) is 30.5 Å². The molecule has 2 rings (SSSR count).